The van der Waals surface area contributed by atoms with Crippen molar-refractivity contribution in [1.82, 2.24) is 25.2 Å². The van der Waals surface area contributed by atoms with E-state index >= 15 is 0 Å². The van der Waals surface area contributed by atoms with Crippen LogP contribution in [0.15, 0.2) is 4.63 Å². The van der Waals surface area contributed by atoms with Crippen molar-refractivity contribution < 1.29 is 9.42 Å². The second kappa shape index (κ2) is 7.52. The molecule has 4 heterocycles. The average Bonchev–Trinajstić information content (AvgIpc) is 3.45. The third-order valence-electron chi connectivity index (χ3n) is 6.26. The number of rotatable bonds is 5. The van der Waals surface area contributed by atoms with Gasteiger partial charge in [-0.05, 0) is 48.3 Å². The molecule has 1 atom stereocenters. The summed E-state index contributed by atoms with van der Waals surface area (Å²) in [5.74, 6) is 2.39. The third kappa shape index (κ3) is 3.49. The van der Waals surface area contributed by atoms with Crippen molar-refractivity contribution in [2.75, 3.05) is 36.4 Å². The zero-order valence-electron chi connectivity index (χ0n) is 16.1. The number of anilines is 2. The van der Waals surface area contributed by atoms with E-state index in [2.05, 4.69) is 25.5 Å². The molecule has 3 fully saturated rings. The van der Waals surface area contributed by atoms with E-state index in [1.54, 1.807) is 0 Å². The lowest BCUT2D eigenvalue weighted by Crippen LogP contribution is -2.42. The van der Waals surface area contributed by atoms with E-state index in [-0.39, 0.29) is 0 Å². The normalized spacial score (nSPS) is 23.9. The molecule has 5 rings (SSSR count). The van der Waals surface area contributed by atoms with Crippen molar-refractivity contribution in [2.45, 2.75) is 57.4 Å². The van der Waals surface area contributed by atoms with Gasteiger partial charge in [-0.15, -0.1) is 0 Å². The van der Waals surface area contributed by atoms with Gasteiger partial charge in [0.15, 0.2) is 11.6 Å². The molecular formula is C19H27N7O2. The predicted octanol–water partition coefficient (Wildman–Crippen LogP) is 2.21. The van der Waals surface area contributed by atoms with Crippen LogP contribution in [0.2, 0.25) is 0 Å². The standard InChI is InChI=1S/C19H27N7O2/c27-15-8-4-9-25(15)11-13-5-3-10-26(12-13)19-18(20-14-6-1-2-7-14)21-16-17(22-19)24-28-23-16/h13-14H,1-12H2,(H,20,21,23)/t13-/m0/s1. The maximum Gasteiger partial charge on any atom is 0.245 e. The van der Waals surface area contributed by atoms with Crippen LogP contribution < -0.4 is 10.2 Å². The molecule has 0 aromatic carbocycles. The number of nitrogens with one attached hydrogen (secondary N) is 1. The van der Waals surface area contributed by atoms with Crippen LogP contribution in [0.5, 0.6) is 0 Å². The Hall–Kier alpha value is -2.45. The van der Waals surface area contributed by atoms with Gasteiger partial charge >= 0.3 is 0 Å². The van der Waals surface area contributed by atoms with Crippen LogP contribution in [0.4, 0.5) is 11.6 Å². The quantitative estimate of drug-likeness (QED) is 0.836. The van der Waals surface area contributed by atoms with Gasteiger partial charge in [-0.2, -0.15) is 0 Å². The molecule has 1 aliphatic carbocycles. The molecule has 0 radical (unpaired) electrons. The van der Waals surface area contributed by atoms with Gasteiger partial charge in [0.1, 0.15) is 0 Å². The Balaban J connectivity index is 1.37. The van der Waals surface area contributed by atoms with Gasteiger partial charge in [0.25, 0.3) is 0 Å². The number of nitrogens with zero attached hydrogens (tertiary/aromatic N) is 6. The smallest absolute Gasteiger partial charge is 0.245 e. The van der Waals surface area contributed by atoms with Gasteiger partial charge < -0.3 is 15.1 Å². The van der Waals surface area contributed by atoms with E-state index in [1.807, 2.05) is 4.90 Å². The Labute approximate surface area is 163 Å². The lowest BCUT2D eigenvalue weighted by atomic mass is 9.97. The van der Waals surface area contributed by atoms with Gasteiger partial charge in [-0.1, -0.05) is 12.8 Å². The summed E-state index contributed by atoms with van der Waals surface area (Å²) in [5, 5.41) is 11.4. The molecule has 9 heteroatoms. The van der Waals surface area contributed by atoms with Gasteiger partial charge in [0.2, 0.25) is 17.2 Å². The van der Waals surface area contributed by atoms with Gasteiger partial charge in [0.05, 0.1) is 0 Å². The summed E-state index contributed by atoms with van der Waals surface area (Å²) in [6.07, 6.45) is 8.76. The van der Waals surface area contributed by atoms with Crippen molar-refractivity contribution >= 4 is 28.8 Å². The monoisotopic (exact) mass is 385 g/mol. The highest BCUT2D eigenvalue weighted by atomic mass is 16.6. The Bertz CT molecular complexity index is 848. The van der Waals surface area contributed by atoms with Gasteiger partial charge in [-0.25, -0.2) is 14.6 Å². The topological polar surface area (TPSA) is 100 Å². The molecule has 3 aliphatic rings. The van der Waals surface area contributed by atoms with Crippen molar-refractivity contribution in [3.63, 3.8) is 0 Å². The Morgan fingerprint density at radius 2 is 1.82 bits per heavy atom. The van der Waals surface area contributed by atoms with Gasteiger partial charge in [-0.3, -0.25) is 4.79 Å². The van der Waals surface area contributed by atoms with E-state index in [0.29, 0.717) is 35.6 Å². The fraction of sp³-hybridized carbons (Fsp3) is 0.737. The molecule has 2 aromatic heterocycles. The second-order valence-electron chi connectivity index (χ2n) is 8.33. The first-order valence-electron chi connectivity index (χ1n) is 10.6. The zero-order chi connectivity index (χ0) is 18.9. The first kappa shape index (κ1) is 17.6. The lowest BCUT2D eigenvalue weighted by molar-refractivity contribution is -0.128. The molecule has 0 unspecified atom stereocenters. The fourth-order valence-corrected chi connectivity index (χ4v) is 4.83. The first-order valence-corrected chi connectivity index (χ1v) is 10.6. The molecule has 0 spiro atoms. The van der Waals surface area contributed by atoms with Crippen LogP contribution in [0.1, 0.15) is 51.4 Å². The molecule has 1 saturated carbocycles. The minimum absolute atomic E-state index is 0.301. The van der Waals surface area contributed by atoms with Crippen molar-refractivity contribution in [3.8, 4) is 0 Å². The second-order valence-corrected chi connectivity index (χ2v) is 8.33. The largest absolute Gasteiger partial charge is 0.364 e. The summed E-state index contributed by atoms with van der Waals surface area (Å²) >= 11 is 0. The molecule has 28 heavy (non-hydrogen) atoms. The molecule has 2 saturated heterocycles. The Kier molecular flexibility index (Phi) is 4.74. The Morgan fingerprint density at radius 1 is 1.00 bits per heavy atom. The molecule has 2 aromatic rings. The highest BCUT2D eigenvalue weighted by molar-refractivity contribution is 5.78. The summed E-state index contributed by atoms with van der Waals surface area (Å²) in [6.45, 7) is 3.58. The average molecular weight is 385 g/mol. The molecule has 2 aliphatic heterocycles. The molecular weight excluding hydrogens is 358 g/mol. The summed E-state index contributed by atoms with van der Waals surface area (Å²) < 4.78 is 4.84. The SMILES string of the molecule is O=C1CCCN1C[C@@H]1CCCN(c2nc3nonc3nc2NC2CCCC2)C1. The van der Waals surface area contributed by atoms with Crippen LogP contribution in [0.3, 0.4) is 0 Å². The molecule has 1 N–H and O–H groups in total. The maximum absolute atomic E-state index is 12.0. The number of aromatic nitrogens is 4. The van der Waals surface area contributed by atoms with Crippen LogP contribution >= 0.6 is 0 Å². The van der Waals surface area contributed by atoms with E-state index in [9.17, 15) is 4.79 Å². The predicted molar refractivity (Wildman–Crippen MR) is 104 cm³/mol. The van der Waals surface area contributed by atoms with Crippen LogP contribution in [-0.2, 0) is 4.79 Å². The molecule has 9 nitrogen and oxygen atoms in total. The summed E-state index contributed by atoms with van der Waals surface area (Å²) in [6, 6.07) is 0.438. The number of fused-ring (bicyclic) bond motifs is 1. The fourth-order valence-electron chi connectivity index (χ4n) is 4.83. The summed E-state index contributed by atoms with van der Waals surface area (Å²) in [7, 11) is 0. The number of carbonyl (C=O) groups is 1. The van der Waals surface area contributed by atoms with E-state index in [0.717, 1.165) is 69.9 Å². The number of carbonyl (C=O) groups excluding carboxylic acids is 1. The van der Waals surface area contributed by atoms with Crippen molar-refractivity contribution in [1.29, 1.82) is 0 Å². The third-order valence-corrected chi connectivity index (χ3v) is 6.26. The Morgan fingerprint density at radius 3 is 2.61 bits per heavy atom. The van der Waals surface area contributed by atoms with Crippen molar-refractivity contribution in [3.05, 3.63) is 0 Å². The highest BCUT2D eigenvalue weighted by Crippen LogP contribution is 2.31. The number of hydrogen-bond acceptors (Lipinski definition) is 8. The number of piperidine rings is 1. The van der Waals surface area contributed by atoms with Crippen LogP contribution in [0.25, 0.3) is 11.3 Å². The van der Waals surface area contributed by atoms with E-state index in [4.69, 9.17) is 9.61 Å². The number of likely N-dealkylation sites (tertiary alicyclic amines) is 1. The summed E-state index contributed by atoms with van der Waals surface area (Å²) in [4.78, 5) is 25.7. The van der Waals surface area contributed by atoms with E-state index < -0.39 is 0 Å². The molecule has 1 amide bonds. The minimum atomic E-state index is 0.301. The number of amides is 1. The minimum Gasteiger partial charge on any atom is -0.364 e. The molecule has 150 valence electrons. The van der Waals surface area contributed by atoms with Crippen molar-refractivity contribution in [2.24, 2.45) is 5.92 Å². The lowest BCUT2D eigenvalue weighted by Gasteiger charge is -2.36. The van der Waals surface area contributed by atoms with Crippen LogP contribution in [0, 0.1) is 5.92 Å². The van der Waals surface area contributed by atoms with E-state index in [1.165, 1.54) is 12.8 Å². The molecule has 0 bridgehead atoms. The van der Waals surface area contributed by atoms with Crippen LogP contribution in [-0.4, -0.2) is 63.3 Å². The highest BCUT2D eigenvalue weighted by Gasteiger charge is 2.29. The van der Waals surface area contributed by atoms with Gasteiger partial charge in [0, 0.05) is 38.6 Å². The zero-order valence-corrected chi connectivity index (χ0v) is 16.1. The number of hydrogen-bond donors (Lipinski definition) is 1. The maximum atomic E-state index is 12.0. The first-order chi connectivity index (χ1) is 13.8. The summed E-state index contributed by atoms with van der Waals surface area (Å²) in [5.41, 5.74) is 0.893.